The van der Waals surface area contributed by atoms with Gasteiger partial charge in [-0.2, -0.15) is 0 Å². The quantitative estimate of drug-likeness (QED) is 0.665. The maximum atomic E-state index is 12.3. The van der Waals surface area contributed by atoms with Gasteiger partial charge < -0.3 is 14.9 Å². The molecule has 2 N–H and O–H groups in total. The Balaban J connectivity index is 1.66. The summed E-state index contributed by atoms with van der Waals surface area (Å²) in [5, 5.41) is 2.39. The summed E-state index contributed by atoms with van der Waals surface area (Å²) in [4.78, 5) is 39.0. The summed E-state index contributed by atoms with van der Waals surface area (Å²) in [6, 6.07) is 3.25. The Bertz CT molecular complexity index is 1020. The molecule has 0 saturated heterocycles. The highest BCUT2D eigenvalue weighted by Crippen LogP contribution is 2.31. The van der Waals surface area contributed by atoms with Crippen LogP contribution in [0.15, 0.2) is 35.5 Å². The van der Waals surface area contributed by atoms with E-state index in [0.717, 1.165) is 11.2 Å². The number of nitrogens with one attached hydrogen (secondary N) is 2. The van der Waals surface area contributed by atoms with Crippen LogP contribution in [0.3, 0.4) is 0 Å². The van der Waals surface area contributed by atoms with Crippen molar-refractivity contribution in [1.29, 1.82) is 0 Å². The molecule has 0 aliphatic heterocycles. The minimum absolute atomic E-state index is 0.224. The Kier molecular flexibility index (Phi) is 3.85. The van der Waals surface area contributed by atoms with Crippen LogP contribution in [0.2, 0.25) is 0 Å². The number of imidazole rings is 1. The molecule has 1 saturated carbocycles. The van der Waals surface area contributed by atoms with Crippen molar-refractivity contribution < 1.29 is 4.79 Å². The fraction of sp³-hybridized carbons (Fsp3) is 0.235. The second kappa shape index (κ2) is 6.31. The Morgan fingerprint density at radius 1 is 1.36 bits per heavy atom. The van der Waals surface area contributed by atoms with E-state index in [1.54, 1.807) is 18.3 Å². The molecule has 4 rings (SSSR count). The zero-order valence-corrected chi connectivity index (χ0v) is 13.3. The molecule has 0 atom stereocenters. The first kappa shape index (κ1) is 15.3. The summed E-state index contributed by atoms with van der Waals surface area (Å²) < 4.78 is 1.47. The fourth-order valence-electron chi connectivity index (χ4n) is 2.61. The number of carbonyl (C=O) groups excluding carboxylic acids is 1. The lowest BCUT2D eigenvalue weighted by Gasteiger charge is -2.05. The van der Waals surface area contributed by atoms with E-state index in [4.69, 9.17) is 0 Å². The molecular weight excluding hydrogens is 320 g/mol. The zero-order chi connectivity index (χ0) is 17.2. The molecule has 0 aromatic carbocycles. The van der Waals surface area contributed by atoms with Crippen LogP contribution < -0.4 is 10.9 Å². The van der Waals surface area contributed by atoms with Crippen LogP contribution >= 0.6 is 0 Å². The Labute approximate surface area is 142 Å². The van der Waals surface area contributed by atoms with Gasteiger partial charge in [0, 0.05) is 6.20 Å². The van der Waals surface area contributed by atoms with Crippen molar-refractivity contribution in [2.24, 2.45) is 5.92 Å². The number of amides is 1. The average molecular weight is 336 g/mol. The Morgan fingerprint density at radius 3 is 3.04 bits per heavy atom. The predicted molar refractivity (Wildman–Crippen MR) is 92.9 cm³/mol. The number of H-pyrrole nitrogens is 1. The van der Waals surface area contributed by atoms with Crippen molar-refractivity contribution in [3.63, 3.8) is 0 Å². The van der Waals surface area contributed by atoms with Gasteiger partial charge in [0.05, 0.1) is 12.2 Å². The molecule has 0 unspecified atom stereocenters. The number of pyridine rings is 1. The summed E-state index contributed by atoms with van der Waals surface area (Å²) in [5.74, 6) is 1.25. The normalized spacial score (nSPS) is 14.2. The number of anilines is 1. The topological polar surface area (TPSA) is 106 Å². The number of nitrogens with zero attached hydrogens (tertiary/aromatic N) is 4. The number of allylic oxidation sites excluding steroid dienone is 1. The van der Waals surface area contributed by atoms with E-state index >= 15 is 0 Å². The summed E-state index contributed by atoms with van der Waals surface area (Å²) in [6.07, 6.45) is 10.2. The van der Waals surface area contributed by atoms with E-state index < -0.39 is 0 Å². The van der Waals surface area contributed by atoms with Crippen molar-refractivity contribution >= 4 is 29.3 Å². The third-order valence-electron chi connectivity index (χ3n) is 4.07. The molecular formula is C17H16N6O2. The fourth-order valence-corrected chi connectivity index (χ4v) is 2.61. The van der Waals surface area contributed by atoms with E-state index in [1.807, 2.05) is 6.08 Å². The molecule has 1 amide bonds. The molecule has 0 spiro atoms. The van der Waals surface area contributed by atoms with Gasteiger partial charge in [-0.1, -0.05) is 6.08 Å². The molecule has 0 bridgehead atoms. The summed E-state index contributed by atoms with van der Waals surface area (Å²) in [7, 11) is 0. The number of hydrogen-bond donors (Lipinski definition) is 2. The summed E-state index contributed by atoms with van der Waals surface area (Å²) in [6.45, 7) is 0.245. The van der Waals surface area contributed by atoms with Gasteiger partial charge in [-0.3, -0.25) is 9.59 Å². The minimum atomic E-state index is -0.296. The molecule has 0 radical (unpaired) electrons. The van der Waals surface area contributed by atoms with Gasteiger partial charge in [-0.05, 0) is 37.0 Å². The number of hydrogen-bond acceptors (Lipinski definition) is 5. The minimum Gasteiger partial charge on any atom is -0.337 e. The van der Waals surface area contributed by atoms with E-state index in [1.165, 1.54) is 23.7 Å². The predicted octanol–water partition coefficient (Wildman–Crippen LogP) is 1.55. The lowest BCUT2D eigenvalue weighted by molar-refractivity contribution is -0.105. The lowest BCUT2D eigenvalue weighted by atomic mass is 10.3. The smallest absolute Gasteiger partial charge is 0.274 e. The highest BCUT2D eigenvalue weighted by Gasteiger charge is 2.17. The third-order valence-corrected chi connectivity index (χ3v) is 4.07. The van der Waals surface area contributed by atoms with Crippen LogP contribution in [0.1, 0.15) is 24.4 Å². The van der Waals surface area contributed by atoms with Gasteiger partial charge in [0.1, 0.15) is 23.4 Å². The molecule has 1 aliphatic carbocycles. The molecule has 1 aliphatic rings. The molecule has 25 heavy (non-hydrogen) atoms. The Morgan fingerprint density at radius 2 is 2.24 bits per heavy atom. The second-order valence-electron chi connectivity index (χ2n) is 5.95. The summed E-state index contributed by atoms with van der Waals surface area (Å²) in [5.41, 5.74) is 2.04. The van der Waals surface area contributed by atoms with Crippen LogP contribution in [-0.4, -0.2) is 30.9 Å². The van der Waals surface area contributed by atoms with Gasteiger partial charge in [0.2, 0.25) is 6.41 Å². The first-order valence-electron chi connectivity index (χ1n) is 8.02. The second-order valence-corrected chi connectivity index (χ2v) is 5.95. The molecule has 126 valence electrons. The highest BCUT2D eigenvalue weighted by molar-refractivity contribution is 5.79. The van der Waals surface area contributed by atoms with Crippen LogP contribution in [0.25, 0.3) is 17.2 Å². The van der Waals surface area contributed by atoms with E-state index in [2.05, 4.69) is 31.3 Å². The van der Waals surface area contributed by atoms with Gasteiger partial charge >= 0.3 is 0 Å². The van der Waals surface area contributed by atoms with Crippen molar-refractivity contribution in [3.05, 3.63) is 52.6 Å². The van der Waals surface area contributed by atoms with Crippen molar-refractivity contribution in [2.45, 2.75) is 19.4 Å². The van der Waals surface area contributed by atoms with Crippen LogP contribution in [0, 0.1) is 5.92 Å². The van der Waals surface area contributed by atoms with E-state index in [0.29, 0.717) is 23.8 Å². The van der Waals surface area contributed by atoms with Gasteiger partial charge in [0.15, 0.2) is 5.65 Å². The molecule has 3 heterocycles. The number of fused-ring (bicyclic) bond motifs is 1. The highest BCUT2D eigenvalue weighted by atomic mass is 16.1. The monoisotopic (exact) mass is 336 g/mol. The van der Waals surface area contributed by atoms with Crippen molar-refractivity contribution in [1.82, 2.24) is 24.5 Å². The number of aromatic amines is 1. The average Bonchev–Trinajstić information content (AvgIpc) is 3.35. The number of aromatic nitrogens is 5. The maximum absolute atomic E-state index is 12.3. The Hall–Kier alpha value is -3.29. The summed E-state index contributed by atoms with van der Waals surface area (Å²) >= 11 is 0. The van der Waals surface area contributed by atoms with Gasteiger partial charge in [0.25, 0.3) is 5.56 Å². The van der Waals surface area contributed by atoms with E-state index in [-0.39, 0.29) is 17.8 Å². The molecule has 3 aromatic heterocycles. The maximum Gasteiger partial charge on any atom is 0.274 e. The van der Waals surface area contributed by atoms with Crippen molar-refractivity contribution in [3.8, 4) is 0 Å². The first-order valence-corrected chi connectivity index (χ1v) is 8.02. The third kappa shape index (κ3) is 3.18. The van der Waals surface area contributed by atoms with Gasteiger partial charge in [-0.25, -0.2) is 15.0 Å². The first-order chi connectivity index (χ1) is 12.2. The van der Waals surface area contributed by atoms with Crippen LogP contribution in [0.5, 0.6) is 0 Å². The molecule has 3 aromatic rings. The van der Waals surface area contributed by atoms with E-state index in [9.17, 15) is 9.59 Å². The standard InChI is InChI=1S/C17H16N6O2/c24-10-20-13-2-1-7-23(17(13)25)8-14-21-15-12(6-5-11-3-4-11)18-9-19-16(15)22-14/h1-2,5-7,9-11H,3-4,8H2,(H,20,24)(H,18,19,21,22)/b6-5+. The zero-order valence-electron chi connectivity index (χ0n) is 13.3. The molecule has 8 heteroatoms. The van der Waals surface area contributed by atoms with Crippen LogP contribution in [0.4, 0.5) is 5.69 Å². The lowest BCUT2D eigenvalue weighted by Crippen LogP contribution is -2.23. The number of carbonyl (C=O) groups is 1. The largest absolute Gasteiger partial charge is 0.337 e. The van der Waals surface area contributed by atoms with Crippen molar-refractivity contribution in [2.75, 3.05) is 5.32 Å². The molecule has 8 nitrogen and oxygen atoms in total. The van der Waals surface area contributed by atoms with Crippen LogP contribution in [-0.2, 0) is 11.3 Å². The molecule has 1 fully saturated rings. The number of rotatable bonds is 6. The SMILES string of the molecule is O=CNc1cccn(Cc2nc3ncnc(/C=C/C4CC4)c3[nH]2)c1=O. The van der Waals surface area contributed by atoms with Gasteiger partial charge in [-0.15, -0.1) is 0 Å².